The molecule has 0 atom stereocenters. The summed E-state index contributed by atoms with van der Waals surface area (Å²) in [4.78, 5) is 33.4. The SMILES string of the molecule is NC(=O)Nc1cccc(NC(=O)c2ccc(=O)[nH]n2)c1. The molecule has 1 aromatic carbocycles. The van der Waals surface area contributed by atoms with Crippen LogP contribution in [0, 0.1) is 0 Å². The van der Waals surface area contributed by atoms with Gasteiger partial charge >= 0.3 is 6.03 Å². The highest BCUT2D eigenvalue weighted by molar-refractivity contribution is 6.03. The molecule has 2 aromatic rings. The molecule has 1 heterocycles. The van der Waals surface area contributed by atoms with Crippen molar-refractivity contribution in [1.29, 1.82) is 0 Å². The lowest BCUT2D eigenvalue weighted by atomic mass is 10.2. The fraction of sp³-hybridized carbons (Fsp3) is 0. The number of urea groups is 1. The van der Waals surface area contributed by atoms with E-state index in [9.17, 15) is 14.4 Å². The number of carbonyl (C=O) groups excluding carboxylic acids is 2. The van der Waals surface area contributed by atoms with Gasteiger partial charge in [0, 0.05) is 17.4 Å². The molecule has 0 aliphatic carbocycles. The third-order valence-corrected chi connectivity index (χ3v) is 2.30. The Morgan fingerprint density at radius 1 is 1.10 bits per heavy atom. The van der Waals surface area contributed by atoms with Gasteiger partial charge < -0.3 is 16.4 Å². The number of nitrogens with zero attached hydrogens (tertiary/aromatic N) is 1. The van der Waals surface area contributed by atoms with Crippen LogP contribution in [0.1, 0.15) is 10.5 Å². The van der Waals surface area contributed by atoms with Gasteiger partial charge in [-0.3, -0.25) is 9.59 Å². The Hall–Kier alpha value is -3.16. The topological polar surface area (TPSA) is 130 Å². The molecule has 0 bridgehead atoms. The van der Waals surface area contributed by atoms with Crippen LogP contribution in [0.2, 0.25) is 0 Å². The highest BCUT2D eigenvalue weighted by Crippen LogP contribution is 2.15. The predicted molar refractivity (Wildman–Crippen MR) is 72.5 cm³/mol. The molecule has 0 saturated heterocycles. The minimum atomic E-state index is -0.698. The number of nitrogens with two attached hydrogens (primary N) is 1. The summed E-state index contributed by atoms with van der Waals surface area (Å²) in [5, 5.41) is 10.7. The number of carbonyl (C=O) groups is 2. The molecule has 1 aromatic heterocycles. The molecule has 0 spiro atoms. The average molecular weight is 273 g/mol. The third kappa shape index (κ3) is 3.42. The number of anilines is 2. The molecule has 0 aliphatic heterocycles. The minimum absolute atomic E-state index is 0.0675. The van der Waals surface area contributed by atoms with Crippen LogP contribution < -0.4 is 21.9 Å². The van der Waals surface area contributed by atoms with E-state index in [1.807, 2.05) is 0 Å². The lowest BCUT2D eigenvalue weighted by molar-refractivity contribution is 0.102. The Bertz CT molecular complexity index is 690. The van der Waals surface area contributed by atoms with Crippen LogP contribution in [0.15, 0.2) is 41.2 Å². The van der Waals surface area contributed by atoms with E-state index >= 15 is 0 Å². The van der Waals surface area contributed by atoms with E-state index in [2.05, 4.69) is 20.8 Å². The standard InChI is InChI=1S/C12H11N5O3/c13-12(20)15-8-3-1-2-7(6-8)14-11(19)9-4-5-10(18)17-16-9/h1-6H,(H,14,19)(H,17,18)(H3,13,15,20). The number of benzene rings is 1. The zero-order chi connectivity index (χ0) is 14.5. The van der Waals surface area contributed by atoms with Crippen LogP contribution in [0.25, 0.3) is 0 Å². The number of aromatic amines is 1. The second-order valence-corrected chi connectivity index (χ2v) is 3.83. The number of rotatable bonds is 3. The maximum Gasteiger partial charge on any atom is 0.316 e. The first kappa shape index (κ1) is 13.3. The first-order chi connectivity index (χ1) is 9.54. The zero-order valence-electron chi connectivity index (χ0n) is 10.2. The van der Waals surface area contributed by atoms with Gasteiger partial charge in [-0.1, -0.05) is 6.07 Å². The Morgan fingerprint density at radius 3 is 2.40 bits per heavy atom. The molecular formula is C12H11N5O3. The van der Waals surface area contributed by atoms with Gasteiger partial charge in [0.1, 0.15) is 5.69 Å². The van der Waals surface area contributed by atoms with E-state index in [4.69, 9.17) is 5.73 Å². The van der Waals surface area contributed by atoms with Crippen LogP contribution in [-0.2, 0) is 0 Å². The van der Waals surface area contributed by atoms with Crippen LogP contribution >= 0.6 is 0 Å². The van der Waals surface area contributed by atoms with Gasteiger partial charge in [0.25, 0.3) is 11.5 Å². The highest BCUT2D eigenvalue weighted by atomic mass is 16.2. The van der Waals surface area contributed by atoms with Crippen LogP contribution in [0.4, 0.5) is 16.2 Å². The van der Waals surface area contributed by atoms with Gasteiger partial charge in [-0.05, 0) is 24.3 Å². The van der Waals surface area contributed by atoms with Crippen LogP contribution in [0.5, 0.6) is 0 Å². The van der Waals surface area contributed by atoms with E-state index in [1.165, 1.54) is 18.2 Å². The number of hydrogen-bond acceptors (Lipinski definition) is 4. The molecule has 0 unspecified atom stereocenters. The molecule has 8 nitrogen and oxygen atoms in total. The fourth-order valence-electron chi connectivity index (χ4n) is 1.48. The third-order valence-electron chi connectivity index (χ3n) is 2.30. The average Bonchev–Trinajstić information content (AvgIpc) is 2.39. The summed E-state index contributed by atoms with van der Waals surface area (Å²) < 4.78 is 0. The van der Waals surface area contributed by atoms with Crippen molar-refractivity contribution in [3.63, 3.8) is 0 Å². The van der Waals surface area contributed by atoms with Crippen LogP contribution in [-0.4, -0.2) is 22.1 Å². The summed E-state index contributed by atoms with van der Waals surface area (Å²) in [7, 11) is 0. The van der Waals surface area contributed by atoms with Gasteiger partial charge in [0.2, 0.25) is 0 Å². The van der Waals surface area contributed by atoms with Crippen molar-refractivity contribution in [1.82, 2.24) is 10.2 Å². The fourth-order valence-corrected chi connectivity index (χ4v) is 1.48. The summed E-state index contributed by atoms with van der Waals surface area (Å²) in [6.07, 6.45) is 0. The van der Waals surface area contributed by atoms with Crippen molar-refractivity contribution in [3.05, 3.63) is 52.4 Å². The molecule has 0 saturated carbocycles. The lowest BCUT2D eigenvalue weighted by Gasteiger charge is -2.07. The number of amides is 3. The van der Waals surface area contributed by atoms with Gasteiger partial charge in [0.05, 0.1) is 0 Å². The van der Waals surface area contributed by atoms with Crippen molar-refractivity contribution in [3.8, 4) is 0 Å². The minimum Gasteiger partial charge on any atom is -0.351 e. The predicted octanol–water partition coefficient (Wildman–Crippen LogP) is 0.513. The zero-order valence-corrected chi connectivity index (χ0v) is 10.2. The molecule has 0 radical (unpaired) electrons. The Balaban J connectivity index is 2.13. The van der Waals surface area contributed by atoms with Crippen molar-refractivity contribution >= 4 is 23.3 Å². The van der Waals surface area contributed by atoms with Crippen molar-refractivity contribution in [2.75, 3.05) is 10.6 Å². The Labute approximate surface area is 113 Å². The Morgan fingerprint density at radius 2 is 1.80 bits per heavy atom. The van der Waals surface area contributed by atoms with E-state index in [0.717, 1.165) is 0 Å². The van der Waals surface area contributed by atoms with Gasteiger partial charge in [0.15, 0.2) is 0 Å². The quantitative estimate of drug-likeness (QED) is 0.649. The first-order valence-electron chi connectivity index (χ1n) is 5.58. The van der Waals surface area contributed by atoms with Gasteiger partial charge in [-0.25, -0.2) is 9.89 Å². The second-order valence-electron chi connectivity index (χ2n) is 3.83. The number of aromatic nitrogens is 2. The monoisotopic (exact) mass is 273 g/mol. The van der Waals surface area contributed by atoms with E-state index < -0.39 is 17.5 Å². The maximum atomic E-state index is 11.9. The molecule has 3 amide bonds. The number of hydrogen-bond donors (Lipinski definition) is 4. The van der Waals surface area contributed by atoms with Crippen molar-refractivity contribution in [2.45, 2.75) is 0 Å². The summed E-state index contributed by atoms with van der Waals surface area (Å²) in [5.41, 5.74) is 5.57. The van der Waals surface area contributed by atoms with Crippen LogP contribution in [0.3, 0.4) is 0 Å². The summed E-state index contributed by atoms with van der Waals surface area (Å²) in [6, 6.07) is 8.24. The van der Waals surface area contributed by atoms with E-state index in [0.29, 0.717) is 11.4 Å². The van der Waals surface area contributed by atoms with Gasteiger partial charge in [-0.2, -0.15) is 5.10 Å². The maximum absolute atomic E-state index is 11.9. The van der Waals surface area contributed by atoms with Gasteiger partial charge in [-0.15, -0.1) is 0 Å². The molecule has 5 N–H and O–H groups in total. The molecular weight excluding hydrogens is 262 g/mol. The van der Waals surface area contributed by atoms with Crippen molar-refractivity contribution in [2.24, 2.45) is 5.73 Å². The summed E-state index contributed by atoms with van der Waals surface area (Å²) >= 11 is 0. The number of primary amides is 1. The molecule has 2 rings (SSSR count). The molecule has 0 fully saturated rings. The number of nitrogens with one attached hydrogen (secondary N) is 3. The summed E-state index contributed by atoms with van der Waals surface area (Å²) in [5.74, 6) is -0.488. The molecule has 102 valence electrons. The summed E-state index contributed by atoms with van der Waals surface area (Å²) in [6.45, 7) is 0. The largest absolute Gasteiger partial charge is 0.351 e. The molecule has 20 heavy (non-hydrogen) atoms. The van der Waals surface area contributed by atoms with E-state index in [1.54, 1.807) is 18.2 Å². The lowest BCUT2D eigenvalue weighted by Crippen LogP contribution is -2.20. The second kappa shape index (κ2) is 5.65. The molecule has 8 heteroatoms. The number of H-pyrrole nitrogens is 1. The molecule has 0 aliphatic rings. The van der Waals surface area contributed by atoms with E-state index in [-0.39, 0.29) is 5.69 Å². The highest BCUT2D eigenvalue weighted by Gasteiger charge is 2.08. The Kier molecular flexibility index (Phi) is 3.75. The normalized spacial score (nSPS) is 9.80. The smallest absolute Gasteiger partial charge is 0.316 e. The first-order valence-corrected chi connectivity index (χ1v) is 5.58. The van der Waals surface area contributed by atoms with Crippen molar-refractivity contribution < 1.29 is 9.59 Å².